The molecule has 0 radical (unpaired) electrons. The molecule has 3 aromatic rings. The van der Waals surface area contributed by atoms with Crippen molar-refractivity contribution in [1.82, 2.24) is 20.4 Å². The molecule has 0 bridgehead atoms. The topological polar surface area (TPSA) is 58.9 Å². The standard InChI is InChI=1S/C33H42F2N4O/c1-5-24(15-23-16-28(34)18-29(35)17-23)32(20-36-3)30-11-10-26(14-22(30)2)31-9-7-6-8-25(31)12-13-37-33(40)27-19-38-39(4)21-27/h10-11,14,16-19,21,24,32,36H,5-9,12-13,15,20H2,1-4H3,(H,37,40). The second kappa shape index (κ2) is 13.8. The zero-order valence-electron chi connectivity index (χ0n) is 24.2. The van der Waals surface area contributed by atoms with Gasteiger partial charge in [-0.3, -0.25) is 9.48 Å². The highest BCUT2D eigenvalue weighted by atomic mass is 19.1. The molecule has 7 heteroatoms. The molecule has 1 aromatic heterocycles. The monoisotopic (exact) mass is 548 g/mol. The molecule has 214 valence electrons. The van der Waals surface area contributed by atoms with E-state index in [9.17, 15) is 13.6 Å². The Morgan fingerprint density at radius 1 is 1.10 bits per heavy atom. The predicted octanol–water partition coefficient (Wildman–Crippen LogP) is 6.73. The van der Waals surface area contributed by atoms with Gasteiger partial charge in [0.15, 0.2) is 0 Å². The van der Waals surface area contributed by atoms with Crippen molar-refractivity contribution >= 4 is 11.5 Å². The number of hydrogen-bond donors (Lipinski definition) is 2. The van der Waals surface area contributed by atoms with Gasteiger partial charge >= 0.3 is 0 Å². The van der Waals surface area contributed by atoms with E-state index < -0.39 is 11.6 Å². The molecule has 4 rings (SSSR count). The number of aryl methyl sites for hydroxylation is 2. The van der Waals surface area contributed by atoms with Crippen LogP contribution in [0, 0.1) is 24.5 Å². The lowest BCUT2D eigenvalue weighted by Crippen LogP contribution is -2.26. The Balaban J connectivity index is 1.52. The van der Waals surface area contributed by atoms with Crippen molar-refractivity contribution in [2.45, 2.75) is 64.7 Å². The maximum absolute atomic E-state index is 13.9. The first-order chi connectivity index (χ1) is 19.3. The van der Waals surface area contributed by atoms with E-state index in [1.807, 2.05) is 7.05 Å². The van der Waals surface area contributed by atoms with Crippen molar-refractivity contribution < 1.29 is 13.6 Å². The summed E-state index contributed by atoms with van der Waals surface area (Å²) in [6, 6.07) is 10.6. The fourth-order valence-electron chi connectivity index (χ4n) is 6.19. The van der Waals surface area contributed by atoms with Gasteiger partial charge in [0.05, 0.1) is 11.8 Å². The molecule has 5 nitrogen and oxygen atoms in total. The van der Waals surface area contributed by atoms with E-state index in [0.29, 0.717) is 24.1 Å². The highest BCUT2D eigenvalue weighted by Gasteiger charge is 2.25. The van der Waals surface area contributed by atoms with E-state index in [1.54, 1.807) is 24.1 Å². The molecule has 0 spiro atoms. The summed E-state index contributed by atoms with van der Waals surface area (Å²) >= 11 is 0. The van der Waals surface area contributed by atoms with Gasteiger partial charge in [-0.05, 0) is 104 Å². The van der Waals surface area contributed by atoms with Crippen LogP contribution in [-0.2, 0) is 13.5 Å². The highest BCUT2D eigenvalue weighted by Crippen LogP contribution is 2.37. The van der Waals surface area contributed by atoms with Crippen molar-refractivity contribution in [2.24, 2.45) is 13.0 Å². The van der Waals surface area contributed by atoms with E-state index in [1.165, 1.54) is 52.8 Å². The SMILES string of the molecule is CCC(Cc1cc(F)cc(F)c1)C(CNC)c1ccc(C2=C(CCNC(=O)c3cnn(C)c3)CCCC2)cc1C. The first-order valence-corrected chi connectivity index (χ1v) is 14.5. The van der Waals surface area contributed by atoms with E-state index in [-0.39, 0.29) is 17.7 Å². The average molecular weight is 549 g/mol. The Hall–Kier alpha value is -3.32. The number of hydrogen-bond acceptors (Lipinski definition) is 3. The summed E-state index contributed by atoms with van der Waals surface area (Å²) in [6.07, 6.45) is 10.1. The fourth-order valence-corrected chi connectivity index (χ4v) is 6.19. The van der Waals surface area contributed by atoms with Gasteiger partial charge in [-0.1, -0.05) is 37.1 Å². The molecule has 2 atom stereocenters. The van der Waals surface area contributed by atoms with Crippen LogP contribution in [0.15, 0.2) is 54.4 Å². The number of benzene rings is 2. The summed E-state index contributed by atoms with van der Waals surface area (Å²) in [4.78, 5) is 12.5. The molecule has 0 fully saturated rings. The maximum Gasteiger partial charge on any atom is 0.254 e. The van der Waals surface area contributed by atoms with Gasteiger partial charge in [0, 0.05) is 32.4 Å². The van der Waals surface area contributed by atoms with Crippen molar-refractivity contribution in [3.63, 3.8) is 0 Å². The van der Waals surface area contributed by atoms with Gasteiger partial charge in [0.25, 0.3) is 5.91 Å². The molecule has 1 amide bonds. The van der Waals surface area contributed by atoms with E-state index in [4.69, 9.17) is 0 Å². The predicted molar refractivity (Wildman–Crippen MR) is 157 cm³/mol. The van der Waals surface area contributed by atoms with Gasteiger partial charge in [-0.2, -0.15) is 5.10 Å². The second-order valence-corrected chi connectivity index (χ2v) is 11.1. The average Bonchev–Trinajstić information content (AvgIpc) is 3.37. The molecule has 2 aromatic carbocycles. The van der Waals surface area contributed by atoms with Gasteiger partial charge < -0.3 is 10.6 Å². The van der Waals surface area contributed by atoms with Crippen LogP contribution in [0.5, 0.6) is 0 Å². The Labute approximate surface area is 237 Å². The summed E-state index contributed by atoms with van der Waals surface area (Å²) in [5, 5.41) is 10.5. The molecule has 2 N–H and O–H groups in total. The van der Waals surface area contributed by atoms with Crippen molar-refractivity contribution in [2.75, 3.05) is 20.1 Å². The zero-order valence-corrected chi connectivity index (χ0v) is 24.2. The lowest BCUT2D eigenvalue weighted by atomic mass is 9.78. The number of allylic oxidation sites excluding steroid dienone is 1. The maximum atomic E-state index is 13.9. The van der Waals surface area contributed by atoms with Crippen LogP contribution in [0.4, 0.5) is 8.78 Å². The molecule has 1 aliphatic carbocycles. The Kier molecular flexibility index (Phi) is 10.3. The van der Waals surface area contributed by atoms with Crippen LogP contribution in [-0.4, -0.2) is 35.8 Å². The van der Waals surface area contributed by atoms with Crippen LogP contribution in [0.1, 0.15) is 84.0 Å². The number of aromatic nitrogens is 2. The van der Waals surface area contributed by atoms with E-state index in [2.05, 4.69) is 47.8 Å². The van der Waals surface area contributed by atoms with Crippen LogP contribution in [0.25, 0.3) is 5.57 Å². The van der Waals surface area contributed by atoms with Crippen molar-refractivity contribution in [1.29, 1.82) is 0 Å². The first-order valence-electron chi connectivity index (χ1n) is 14.5. The number of carbonyl (C=O) groups is 1. The van der Waals surface area contributed by atoms with E-state index in [0.717, 1.165) is 38.3 Å². The van der Waals surface area contributed by atoms with Crippen LogP contribution in [0.3, 0.4) is 0 Å². The normalized spacial score (nSPS) is 15.2. The largest absolute Gasteiger partial charge is 0.352 e. The van der Waals surface area contributed by atoms with Gasteiger partial charge in [0.2, 0.25) is 0 Å². The molecule has 0 aliphatic heterocycles. The van der Waals surface area contributed by atoms with Crippen LogP contribution < -0.4 is 10.6 Å². The highest BCUT2D eigenvalue weighted by molar-refractivity contribution is 5.93. The Morgan fingerprint density at radius 2 is 1.85 bits per heavy atom. The Bertz CT molecular complexity index is 1330. The summed E-state index contributed by atoms with van der Waals surface area (Å²) in [7, 11) is 3.76. The smallest absolute Gasteiger partial charge is 0.254 e. The number of rotatable bonds is 12. The van der Waals surface area contributed by atoms with Crippen molar-refractivity contribution in [3.05, 3.63) is 93.8 Å². The van der Waals surface area contributed by atoms with E-state index >= 15 is 0 Å². The van der Waals surface area contributed by atoms with Crippen LogP contribution in [0.2, 0.25) is 0 Å². The fraction of sp³-hybridized carbons (Fsp3) is 0.455. The molecular formula is C33H42F2N4O. The van der Waals surface area contributed by atoms with Gasteiger partial charge in [-0.25, -0.2) is 8.78 Å². The quantitative estimate of drug-likeness (QED) is 0.264. The third kappa shape index (κ3) is 7.45. The number of halogens is 2. The van der Waals surface area contributed by atoms with Crippen molar-refractivity contribution in [3.8, 4) is 0 Å². The minimum atomic E-state index is -0.524. The van der Waals surface area contributed by atoms with Gasteiger partial charge in [-0.15, -0.1) is 0 Å². The minimum absolute atomic E-state index is 0.0895. The molecular weight excluding hydrogens is 506 g/mol. The molecule has 40 heavy (non-hydrogen) atoms. The Morgan fingerprint density at radius 3 is 2.50 bits per heavy atom. The molecule has 0 saturated carbocycles. The summed E-state index contributed by atoms with van der Waals surface area (Å²) < 4.78 is 29.4. The molecule has 1 heterocycles. The summed E-state index contributed by atoms with van der Waals surface area (Å²) in [6.45, 7) is 5.72. The van der Waals surface area contributed by atoms with Crippen LogP contribution >= 0.6 is 0 Å². The van der Waals surface area contributed by atoms with Gasteiger partial charge in [0.1, 0.15) is 11.6 Å². The third-order valence-electron chi connectivity index (χ3n) is 8.22. The molecule has 2 unspecified atom stereocenters. The first kappa shape index (κ1) is 29.7. The number of nitrogens with zero attached hydrogens (tertiary/aromatic N) is 2. The minimum Gasteiger partial charge on any atom is -0.352 e. The number of carbonyl (C=O) groups excluding carboxylic acids is 1. The second-order valence-electron chi connectivity index (χ2n) is 11.1. The number of nitrogens with one attached hydrogen (secondary N) is 2. The molecule has 1 aliphatic rings. The lowest BCUT2D eigenvalue weighted by molar-refractivity contribution is 0.0954. The summed E-state index contributed by atoms with van der Waals surface area (Å²) in [5.41, 5.74) is 7.90. The third-order valence-corrected chi connectivity index (χ3v) is 8.22. The number of amides is 1. The molecule has 0 saturated heterocycles. The zero-order chi connectivity index (χ0) is 28.6. The number of likely N-dealkylation sites (N-methyl/N-ethyl adjacent to an activating group) is 1. The summed E-state index contributed by atoms with van der Waals surface area (Å²) in [5.74, 6) is -0.676. The lowest BCUT2D eigenvalue weighted by Gasteiger charge is -2.29.